The molecule has 2 unspecified atom stereocenters. The molecule has 98 valence electrons. The van der Waals surface area contributed by atoms with Gasteiger partial charge in [-0.15, -0.1) is 0 Å². The van der Waals surface area contributed by atoms with Gasteiger partial charge in [0.25, 0.3) is 0 Å². The Bertz CT molecular complexity index is 256. The number of nitrogens with one attached hydrogen (secondary N) is 1. The molecule has 1 saturated heterocycles. The molecular weight excluding hydrogens is 216 g/mol. The molecule has 0 spiro atoms. The Morgan fingerprint density at radius 2 is 2.00 bits per heavy atom. The molecule has 0 bridgehead atoms. The van der Waals surface area contributed by atoms with E-state index in [0.717, 1.165) is 12.5 Å². The highest BCUT2D eigenvalue weighted by atomic mass is 16.3. The molecular formula is C13H24N2O2. The van der Waals surface area contributed by atoms with E-state index in [0.29, 0.717) is 19.1 Å². The van der Waals surface area contributed by atoms with Crippen LogP contribution in [0.4, 0.5) is 0 Å². The van der Waals surface area contributed by atoms with Gasteiger partial charge in [-0.1, -0.05) is 12.8 Å². The molecule has 1 amide bonds. The molecule has 2 rings (SSSR count). The van der Waals surface area contributed by atoms with Crippen molar-refractivity contribution in [1.29, 1.82) is 0 Å². The third-order valence-corrected chi connectivity index (χ3v) is 4.14. The zero-order valence-corrected chi connectivity index (χ0v) is 10.5. The predicted molar refractivity (Wildman–Crippen MR) is 66.6 cm³/mol. The Kier molecular flexibility index (Phi) is 4.80. The lowest BCUT2D eigenvalue weighted by Crippen LogP contribution is -2.50. The second kappa shape index (κ2) is 6.36. The average molecular weight is 240 g/mol. The van der Waals surface area contributed by atoms with E-state index < -0.39 is 0 Å². The second-order valence-corrected chi connectivity index (χ2v) is 5.30. The van der Waals surface area contributed by atoms with Crippen molar-refractivity contribution in [3.63, 3.8) is 0 Å². The van der Waals surface area contributed by atoms with Crippen LogP contribution in [0.25, 0.3) is 0 Å². The fraction of sp³-hybridized carbons (Fsp3) is 0.923. The SMILES string of the molecule is O=C(CN1CCCC2CCCCC21)NCCO. The highest BCUT2D eigenvalue weighted by molar-refractivity contribution is 5.78. The van der Waals surface area contributed by atoms with E-state index in [9.17, 15) is 4.79 Å². The van der Waals surface area contributed by atoms with Crippen LogP contribution in [0.15, 0.2) is 0 Å². The van der Waals surface area contributed by atoms with Crippen LogP contribution in [0, 0.1) is 5.92 Å². The van der Waals surface area contributed by atoms with Crippen LogP contribution >= 0.6 is 0 Å². The average Bonchev–Trinajstić information content (AvgIpc) is 2.37. The maximum atomic E-state index is 11.7. The number of amides is 1. The van der Waals surface area contributed by atoms with Gasteiger partial charge >= 0.3 is 0 Å². The Labute approximate surface area is 103 Å². The minimum Gasteiger partial charge on any atom is -0.395 e. The summed E-state index contributed by atoms with van der Waals surface area (Å²) in [6.07, 6.45) is 7.87. The highest BCUT2D eigenvalue weighted by Gasteiger charge is 2.33. The summed E-state index contributed by atoms with van der Waals surface area (Å²) < 4.78 is 0. The summed E-state index contributed by atoms with van der Waals surface area (Å²) in [4.78, 5) is 14.0. The summed E-state index contributed by atoms with van der Waals surface area (Å²) in [5.41, 5.74) is 0. The lowest BCUT2D eigenvalue weighted by Gasteiger charge is -2.43. The van der Waals surface area contributed by atoms with E-state index >= 15 is 0 Å². The first-order valence-electron chi connectivity index (χ1n) is 6.93. The van der Waals surface area contributed by atoms with Crippen LogP contribution in [0.5, 0.6) is 0 Å². The predicted octanol–water partition coefficient (Wildman–Crippen LogP) is 0.750. The molecule has 2 fully saturated rings. The molecule has 2 atom stereocenters. The van der Waals surface area contributed by atoms with Crippen molar-refractivity contribution in [2.24, 2.45) is 5.92 Å². The third kappa shape index (κ3) is 3.42. The second-order valence-electron chi connectivity index (χ2n) is 5.30. The number of likely N-dealkylation sites (tertiary alicyclic amines) is 1. The van der Waals surface area contributed by atoms with Crippen LogP contribution in [0.1, 0.15) is 38.5 Å². The van der Waals surface area contributed by atoms with Gasteiger partial charge in [-0.25, -0.2) is 0 Å². The van der Waals surface area contributed by atoms with Gasteiger partial charge in [0.2, 0.25) is 5.91 Å². The standard InChI is InChI=1S/C13H24N2O2/c16-9-7-14-13(17)10-15-8-3-5-11-4-1-2-6-12(11)15/h11-12,16H,1-10H2,(H,14,17). The van der Waals surface area contributed by atoms with Crippen LogP contribution in [0.3, 0.4) is 0 Å². The van der Waals surface area contributed by atoms with E-state index in [1.165, 1.54) is 38.5 Å². The monoisotopic (exact) mass is 240 g/mol. The van der Waals surface area contributed by atoms with Crippen molar-refractivity contribution >= 4 is 5.91 Å². The number of piperidine rings is 1. The van der Waals surface area contributed by atoms with E-state index in [-0.39, 0.29) is 12.5 Å². The first-order valence-corrected chi connectivity index (χ1v) is 6.93. The number of carbonyl (C=O) groups excluding carboxylic acids is 1. The van der Waals surface area contributed by atoms with Gasteiger partial charge in [-0.05, 0) is 38.1 Å². The number of carbonyl (C=O) groups is 1. The first kappa shape index (κ1) is 12.8. The fourth-order valence-corrected chi connectivity index (χ4v) is 3.36. The summed E-state index contributed by atoms with van der Waals surface area (Å²) in [6.45, 7) is 1.98. The molecule has 0 aromatic heterocycles. The summed E-state index contributed by atoms with van der Waals surface area (Å²) in [5, 5.41) is 11.4. The van der Waals surface area contributed by atoms with Gasteiger partial charge in [0, 0.05) is 12.6 Å². The van der Waals surface area contributed by atoms with Crippen LogP contribution in [-0.4, -0.2) is 48.2 Å². The lowest BCUT2D eigenvalue weighted by atomic mass is 9.78. The van der Waals surface area contributed by atoms with E-state index in [2.05, 4.69) is 10.2 Å². The molecule has 0 radical (unpaired) electrons. The molecule has 2 aliphatic rings. The maximum Gasteiger partial charge on any atom is 0.234 e. The molecule has 0 aromatic rings. The molecule has 4 heteroatoms. The number of hydrogen-bond donors (Lipinski definition) is 2. The molecule has 2 N–H and O–H groups in total. The summed E-state index contributed by atoms with van der Waals surface area (Å²) in [5.74, 6) is 0.883. The van der Waals surface area contributed by atoms with Crippen molar-refractivity contribution < 1.29 is 9.90 Å². The maximum absolute atomic E-state index is 11.7. The fourth-order valence-electron chi connectivity index (χ4n) is 3.36. The van der Waals surface area contributed by atoms with Gasteiger partial charge < -0.3 is 10.4 Å². The Balaban J connectivity index is 1.83. The molecule has 1 heterocycles. The molecule has 4 nitrogen and oxygen atoms in total. The zero-order valence-electron chi connectivity index (χ0n) is 10.5. The Morgan fingerprint density at radius 3 is 2.82 bits per heavy atom. The normalized spacial score (nSPS) is 29.7. The molecule has 1 aliphatic heterocycles. The third-order valence-electron chi connectivity index (χ3n) is 4.14. The first-order chi connectivity index (χ1) is 8.31. The van der Waals surface area contributed by atoms with Gasteiger partial charge in [-0.3, -0.25) is 9.69 Å². The van der Waals surface area contributed by atoms with Crippen molar-refractivity contribution in [1.82, 2.24) is 10.2 Å². The quantitative estimate of drug-likeness (QED) is 0.762. The zero-order chi connectivity index (χ0) is 12.1. The number of aliphatic hydroxyl groups is 1. The molecule has 1 aliphatic carbocycles. The Morgan fingerprint density at radius 1 is 1.24 bits per heavy atom. The summed E-state index contributed by atoms with van der Waals surface area (Å²) in [7, 11) is 0. The van der Waals surface area contributed by atoms with Crippen LogP contribution in [0.2, 0.25) is 0 Å². The summed E-state index contributed by atoms with van der Waals surface area (Å²) in [6, 6.07) is 0.636. The number of hydrogen-bond acceptors (Lipinski definition) is 3. The van der Waals surface area contributed by atoms with Crippen LogP contribution < -0.4 is 5.32 Å². The van der Waals surface area contributed by atoms with Crippen molar-refractivity contribution in [3.05, 3.63) is 0 Å². The van der Waals surface area contributed by atoms with Gasteiger partial charge in [0.05, 0.1) is 13.2 Å². The van der Waals surface area contributed by atoms with Crippen molar-refractivity contribution in [3.8, 4) is 0 Å². The number of nitrogens with zero attached hydrogens (tertiary/aromatic N) is 1. The smallest absolute Gasteiger partial charge is 0.234 e. The van der Waals surface area contributed by atoms with Gasteiger partial charge in [0.1, 0.15) is 0 Å². The van der Waals surface area contributed by atoms with Crippen LogP contribution in [-0.2, 0) is 4.79 Å². The topological polar surface area (TPSA) is 52.6 Å². The minimum absolute atomic E-state index is 0.0256. The van der Waals surface area contributed by atoms with Gasteiger partial charge in [0.15, 0.2) is 0 Å². The largest absolute Gasteiger partial charge is 0.395 e. The van der Waals surface area contributed by atoms with Crippen molar-refractivity contribution in [2.45, 2.75) is 44.6 Å². The van der Waals surface area contributed by atoms with E-state index in [4.69, 9.17) is 5.11 Å². The lowest BCUT2D eigenvalue weighted by molar-refractivity contribution is -0.124. The molecule has 1 saturated carbocycles. The van der Waals surface area contributed by atoms with E-state index in [1.807, 2.05) is 0 Å². The molecule has 17 heavy (non-hydrogen) atoms. The van der Waals surface area contributed by atoms with E-state index in [1.54, 1.807) is 0 Å². The Hall–Kier alpha value is -0.610. The summed E-state index contributed by atoms with van der Waals surface area (Å²) >= 11 is 0. The van der Waals surface area contributed by atoms with Crippen molar-refractivity contribution in [2.75, 3.05) is 26.2 Å². The van der Waals surface area contributed by atoms with Gasteiger partial charge in [-0.2, -0.15) is 0 Å². The number of fused-ring (bicyclic) bond motifs is 1. The number of aliphatic hydroxyl groups excluding tert-OH is 1. The highest BCUT2D eigenvalue weighted by Crippen LogP contribution is 2.34. The minimum atomic E-state index is 0.0256. The molecule has 0 aromatic carbocycles. The number of rotatable bonds is 4.